The molecule has 0 fully saturated rings. The molecule has 0 saturated carbocycles. The van der Waals surface area contributed by atoms with Crippen molar-refractivity contribution in [2.75, 3.05) is 27.1 Å². The number of dihydropyridines is 1. The van der Waals surface area contributed by atoms with Crippen LogP contribution in [0.2, 0.25) is 5.02 Å². The molecule has 9 heteroatoms. The molecule has 2 rings (SSSR count). The molecule has 0 unspecified atom stereocenters. The van der Waals surface area contributed by atoms with E-state index in [0.717, 1.165) is 0 Å². The van der Waals surface area contributed by atoms with Crippen molar-refractivity contribution in [1.29, 1.82) is 0 Å². The highest BCUT2D eigenvalue weighted by Crippen LogP contribution is 2.41. The Labute approximate surface area is 175 Å². The fraction of sp³-hybridized carbons (Fsp3) is 0.368. The maximum atomic E-state index is 12.8. The number of allylic oxidation sites excluding steroid dienone is 1. The maximum Gasteiger partial charge on any atom is 0.336 e. The maximum absolute atomic E-state index is 12.8. The topological polar surface area (TPSA) is 99.9 Å². The number of hydrogen-bond acceptors (Lipinski definition) is 7. The van der Waals surface area contributed by atoms with Crippen molar-refractivity contribution in [2.24, 2.45) is 5.73 Å². The van der Waals surface area contributed by atoms with Gasteiger partial charge in [0.05, 0.1) is 49.8 Å². The summed E-state index contributed by atoms with van der Waals surface area (Å²) < 4.78 is 15.5. The van der Waals surface area contributed by atoms with E-state index in [9.17, 15) is 9.59 Å². The van der Waals surface area contributed by atoms with E-state index in [2.05, 4.69) is 5.32 Å². The zero-order chi connectivity index (χ0) is 20.0. The first-order valence-corrected chi connectivity index (χ1v) is 8.82. The molecule has 0 aromatic heterocycles. The normalized spacial score (nSPS) is 16.2. The molecule has 0 amide bonds. The van der Waals surface area contributed by atoms with Crippen LogP contribution in [-0.4, -0.2) is 39.0 Å². The first-order valence-electron chi connectivity index (χ1n) is 8.44. The lowest BCUT2D eigenvalue weighted by atomic mass is 9.80. The summed E-state index contributed by atoms with van der Waals surface area (Å²) in [5, 5.41) is 3.48. The molecule has 28 heavy (non-hydrogen) atoms. The van der Waals surface area contributed by atoms with E-state index in [1.165, 1.54) is 7.11 Å². The first-order chi connectivity index (χ1) is 13.0. The Morgan fingerprint density at radius 2 is 1.89 bits per heavy atom. The minimum absolute atomic E-state index is 0. The van der Waals surface area contributed by atoms with Crippen LogP contribution in [0.5, 0.6) is 0 Å². The Morgan fingerprint density at radius 1 is 1.21 bits per heavy atom. The standard InChI is InChI=1S/C19H23ClN2O5.ClH/c1-4-27-19(24)17-14(9-26-10-21)22-11(2)15(18(23)25-3)16(17)12-7-5-6-8-13(12)20;/h5-8,16,22H,4,9-10,21H2,1-3H3;1H/t16-;/m1./s1. The monoisotopic (exact) mass is 430 g/mol. The summed E-state index contributed by atoms with van der Waals surface area (Å²) in [4.78, 5) is 25.3. The van der Waals surface area contributed by atoms with Crippen molar-refractivity contribution in [1.82, 2.24) is 5.32 Å². The van der Waals surface area contributed by atoms with Crippen LogP contribution < -0.4 is 11.1 Å². The van der Waals surface area contributed by atoms with Gasteiger partial charge in [-0.25, -0.2) is 9.59 Å². The quantitative estimate of drug-likeness (QED) is 0.506. The summed E-state index contributed by atoms with van der Waals surface area (Å²) in [6, 6.07) is 7.01. The number of carbonyl (C=O) groups is 2. The summed E-state index contributed by atoms with van der Waals surface area (Å²) in [6.07, 6.45) is 0. The van der Waals surface area contributed by atoms with Crippen LogP contribution >= 0.6 is 24.0 Å². The molecule has 0 bridgehead atoms. The van der Waals surface area contributed by atoms with Crippen molar-refractivity contribution in [3.63, 3.8) is 0 Å². The minimum Gasteiger partial charge on any atom is -0.466 e. The average Bonchev–Trinajstić information content (AvgIpc) is 2.65. The van der Waals surface area contributed by atoms with Gasteiger partial charge < -0.3 is 25.3 Å². The smallest absolute Gasteiger partial charge is 0.336 e. The van der Waals surface area contributed by atoms with Crippen LogP contribution in [0.1, 0.15) is 25.3 Å². The largest absolute Gasteiger partial charge is 0.466 e. The molecule has 0 radical (unpaired) electrons. The van der Waals surface area contributed by atoms with E-state index in [1.54, 1.807) is 38.1 Å². The van der Waals surface area contributed by atoms with Gasteiger partial charge in [0.2, 0.25) is 0 Å². The lowest BCUT2D eigenvalue weighted by Gasteiger charge is -2.31. The second kappa shape index (κ2) is 11.1. The predicted octanol–water partition coefficient (Wildman–Crippen LogP) is 2.65. The van der Waals surface area contributed by atoms with E-state index in [1.807, 2.05) is 0 Å². The Morgan fingerprint density at radius 3 is 2.46 bits per heavy atom. The summed E-state index contributed by atoms with van der Waals surface area (Å²) in [5.41, 5.74) is 7.55. The molecule has 1 aliphatic heterocycles. The van der Waals surface area contributed by atoms with Gasteiger partial charge in [0, 0.05) is 10.7 Å². The second-order valence-corrected chi connectivity index (χ2v) is 6.14. The third-order valence-electron chi connectivity index (χ3n) is 4.13. The number of benzene rings is 1. The fourth-order valence-corrected chi connectivity index (χ4v) is 3.27. The highest BCUT2D eigenvalue weighted by atomic mass is 35.5. The third kappa shape index (κ3) is 5.05. The molecule has 1 aromatic carbocycles. The molecule has 7 nitrogen and oxygen atoms in total. The Bertz CT molecular complexity index is 792. The van der Waals surface area contributed by atoms with E-state index >= 15 is 0 Å². The molecule has 0 saturated heterocycles. The predicted molar refractivity (Wildman–Crippen MR) is 108 cm³/mol. The van der Waals surface area contributed by atoms with E-state index in [-0.39, 0.29) is 43.5 Å². The van der Waals surface area contributed by atoms with Crippen molar-refractivity contribution < 1.29 is 23.8 Å². The summed E-state index contributed by atoms with van der Waals surface area (Å²) in [7, 11) is 1.28. The van der Waals surface area contributed by atoms with Crippen LogP contribution in [0.25, 0.3) is 0 Å². The molecule has 3 N–H and O–H groups in total. The fourth-order valence-electron chi connectivity index (χ4n) is 3.02. The zero-order valence-corrected chi connectivity index (χ0v) is 17.5. The molecule has 1 aliphatic rings. The molecular weight excluding hydrogens is 407 g/mol. The molecule has 1 aromatic rings. The van der Waals surface area contributed by atoms with Gasteiger partial charge in [-0.05, 0) is 25.5 Å². The van der Waals surface area contributed by atoms with Gasteiger partial charge in [-0.1, -0.05) is 29.8 Å². The number of carbonyl (C=O) groups excluding carboxylic acids is 2. The minimum atomic E-state index is -0.761. The van der Waals surface area contributed by atoms with Gasteiger partial charge in [0.1, 0.15) is 0 Å². The lowest BCUT2D eigenvalue weighted by Crippen LogP contribution is -2.35. The molecule has 0 spiro atoms. The number of halogens is 2. The number of hydrogen-bond donors (Lipinski definition) is 2. The van der Waals surface area contributed by atoms with E-state index in [0.29, 0.717) is 22.0 Å². The van der Waals surface area contributed by atoms with Crippen LogP contribution in [-0.2, 0) is 23.8 Å². The zero-order valence-electron chi connectivity index (χ0n) is 15.9. The number of ether oxygens (including phenoxy) is 3. The van der Waals surface area contributed by atoms with Gasteiger partial charge in [0.15, 0.2) is 0 Å². The van der Waals surface area contributed by atoms with Crippen molar-refractivity contribution in [2.45, 2.75) is 19.8 Å². The third-order valence-corrected chi connectivity index (χ3v) is 4.47. The number of esters is 2. The van der Waals surface area contributed by atoms with Gasteiger partial charge in [-0.15, -0.1) is 12.4 Å². The first kappa shape index (κ1) is 24.0. The van der Waals surface area contributed by atoms with Crippen LogP contribution in [0.3, 0.4) is 0 Å². The van der Waals surface area contributed by atoms with Gasteiger partial charge in [-0.3, -0.25) is 0 Å². The van der Waals surface area contributed by atoms with Crippen LogP contribution in [0.4, 0.5) is 0 Å². The molecular formula is C19H24Cl2N2O5. The SMILES string of the molecule is CCOC(=O)C1=C(COCN)NC(C)=C(C(=O)OC)[C@H]1c1ccccc1Cl.Cl. The van der Waals surface area contributed by atoms with Crippen molar-refractivity contribution in [3.05, 3.63) is 57.4 Å². The highest BCUT2D eigenvalue weighted by Gasteiger charge is 2.39. The molecule has 1 atom stereocenters. The van der Waals surface area contributed by atoms with Gasteiger partial charge in [-0.2, -0.15) is 0 Å². The van der Waals surface area contributed by atoms with E-state index in [4.69, 9.17) is 31.5 Å². The Hall–Kier alpha value is -2.06. The molecule has 154 valence electrons. The number of nitrogens with two attached hydrogens (primary N) is 1. The van der Waals surface area contributed by atoms with Crippen LogP contribution in [0, 0.1) is 0 Å². The Kier molecular flexibility index (Phi) is 9.48. The summed E-state index contributed by atoms with van der Waals surface area (Å²) in [6.45, 7) is 3.64. The van der Waals surface area contributed by atoms with E-state index < -0.39 is 17.9 Å². The summed E-state index contributed by atoms with van der Waals surface area (Å²) >= 11 is 6.40. The number of rotatable bonds is 7. The highest BCUT2D eigenvalue weighted by molar-refractivity contribution is 6.31. The van der Waals surface area contributed by atoms with Gasteiger partial charge in [0.25, 0.3) is 0 Å². The average molecular weight is 431 g/mol. The van der Waals surface area contributed by atoms with Crippen molar-refractivity contribution in [3.8, 4) is 0 Å². The van der Waals surface area contributed by atoms with Gasteiger partial charge >= 0.3 is 11.9 Å². The van der Waals surface area contributed by atoms with Crippen LogP contribution in [0.15, 0.2) is 46.8 Å². The second-order valence-electron chi connectivity index (χ2n) is 5.74. The number of nitrogens with one attached hydrogen (secondary N) is 1. The number of methoxy groups -OCH3 is 1. The molecule has 0 aliphatic carbocycles. The lowest BCUT2D eigenvalue weighted by molar-refractivity contribution is -0.139. The summed E-state index contributed by atoms with van der Waals surface area (Å²) in [5.74, 6) is -1.90. The molecule has 1 heterocycles. The van der Waals surface area contributed by atoms with Crippen molar-refractivity contribution >= 4 is 35.9 Å². The Balaban J connectivity index is 0.00000392.